The molecule has 0 radical (unpaired) electrons. The zero-order chi connectivity index (χ0) is 14.5. The fraction of sp³-hybridized carbons (Fsp3) is 0.562. The van der Waals surface area contributed by atoms with Crippen LogP contribution in [0, 0.1) is 0 Å². The Morgan fingerprint density at radius 3 is 2.57 bits per heavy atom. The van der Waals surface area contributed by atoms with E-state index < -0.39 is 0 Å². The molecule has 4 nitrogen and oxygen atoms in total. The molecule has 1 saturated heterocycles. The molecule has 0 spiro atoms. The number of hydrogen-bond donors (Lipinski definition) is 1. The van der Waals surface area contributed by atoms with E-state index in [2.05, 4.69) is 43.4 Å². The van der Waals surface area contributed by atoms with Crippen LogP contribution in [0.5, 0.6) is 0 Å². The van der Waals surface area contributed by atoms with E-state index in [0.29, 0.717) is 25.7 Å². The Kier molecular flexibility index (Phi) is 7.15. The second kappa shape index (κ2) is 8.37. The normalized spacial score (nSPS) is 18.2. The number of nitrogens with zero attached hydrogens (tertiary/aromatic N) is 1. The van der Waals surface area contributed by atoms with Crippen LogP contribution in [0.15, 0.2) is 24.3 Å². The highest BCUT2D eigenvalue weighted by Gasteiger charge is 2.24. The van der Waals surface area contributed by atoms with E-state index >= 15 is 0 Å². The topological polar surface area (TPSA) is 41.6 Å². The van der Waals surface area contributed by atoms with Crippen molar-refractivity contribution in [2.75, 3.05) is 26.8 Å². The highest BCUT2D eigenvalue weighted by molar-refractivity contribution is 5.85. The Hall–Kier alpha value is -1.10. The number of carbonyl (C=O) groups is 1. The van der Waals surface area contributed by atoms with Crippen LogP contribution < -0.4 is 5.32 Å². The summed E-state index contributed by atoms with van der Waals surface area (Å²) >= 11 is 0. The summed E-state index contributed by atoms with van der Waals surface area (Å²) in [5, 5.41) is 3.19. The number of morpholine rings is 1. The van der Waals surface area contributed by atoms with Crippen molar-refractivity contribution in [2.45, 2.75) is 32.4 Å². The Labute approximate surface area is 133 Å². The van der Waals surface area contributed by atoms with Gasteiger partial charge in [-0.3, -0.25) is 4.79 Å². The van der Waals surface area contributed by atoms with Crippen LogP contribution >= 0.6 is 12.4 Å². The Morgan fingerprint density at radius 2 is 2.05 bits per heavy atom. The maximum Gasteiger partial charge on any atom is 0.242 e. The van der Waals surface area contributed by atoms with Gasteiger partial charge in [0.15, 0.2) is 0 Å². The van der Waals surface area contributed by atoms with E-state index in [-0.39, 0.29) is 24.4 Å². The molecule has 1 aromatic carbocycles. The van der Waals surface area contributed by atoms with E-state index in [1.165, 1.54) is 5.56 Å². The molecule has 1 aliphatic heterocycles. The number of benzene rings is 1. The quantitative estimate of drug-likeness (QED) is 0.926. The molecule has 1 unspecified atom stereocenters. The van der Waals surface area contributed by atoms with Gasteiger partial charge in [-0.1, -0.05) is 38.1 Å². The van der Waals surface area contributed by atoms with Gasteiger partial charge in [-0.2, -0.15) is 0 Å². The summed E-state index contributed by atoms with van der Waals surface area (Å²) in [5.74, 6) is 0.629. The largest absolute Gasteiger partial charge is 0.378 e. The van der Waals surface area contributed by atoms with Crippen LogP contribution in [-0.2, 0) is 16.1 Å². The lowest BCUT2D eigenvalue weighted by Gasteiger charge is -2.27. The number of carbonyl (C=O) groups excluding carboxylic acids is 1. The molecule has 0 saturated carbocycles. The van der Waals surface area contributed by atoms with Crippen molar-refractivity contribution in [3.63, 3.8) is 0 Å². The number of rotatable bonds is 4. The summed E-state index contributed by atoms with van der Waals surface area (Å²) in [6.45, 7) is 6.89. The van der Waals surface area contributed by atoms with Crippen molar-refractivity contribution >= 4 is 18.3 Å². The molecule has 0 aliphatic carbocycles. The molecule has 5 heteroatoms. The molecule has 1 atom stereocenters. The van der Waals surface area contributed by atoms with Crippen LogP contribution in [0.3, 0.4) is 0 Å². The molecule has 2 rings (SSSR count). The fourth-order valence-corrected chi connectivity index (χ4v) is 2.35. The predicted molar refractivity (Wildman–Crippen MR) is 86.9 cm³/mol. The van der Waals surface area contributed by atoms with Crippen LogP contribution in [0.1, 0.15) is 30.9 Å². The van der Waals surface area contributed by atoms with Gasteiger partial charge >= 0.3 is 0 Å². The van der Waals surface area contributed by atoms with Gasteiger partial charge in [0.1, 0.15) is 6.04 Å². The van der Waals surface area contributed by atoms with Crippen molar-refractivity contribution in [1.29, 1.82) is 0 Å². The predicted octanol–water partition coefficient (Wildman–Crippen LogP) is 2.18. The molecular formula is C16H25ClN2O2. The Morgan fingerprint density at radius 1 is 1.38 bits per heavy atom. The van der Waals surface area contributed by atoms with Crippen LogP contribution in [0.25, 0.3) is 0 Å². The lowest BCUT2D eigenvalue weighted by Crippen LogP contribution is -2.51. The molecule has 1 aromatic rings. The van der Waals surface area contributed by atoms with E-state index in [9.17, 15) is 4.79 Å². The van der Waals surface area contributed by atoms with E-state index in [1.807, 2.05) is 7.05 Å². The van der Waals surface area contributed by atoms with Gasteiger partial charge in [0.2, 0.25) is 5.91 Å². The van der Waals surface area contributed by atoms with Gasteiger partial charge in [-0.15, -0.1) is 12.4 Å². The van der Waals surface area contributed by atoms with Crippen molar-refractivity contribution in [3.8, 4) is 0 Å². The first kappa shape index (κ1) is 18.0. The zero-order valence-electron chi connectivity index (χ0n) is 13.0. The number of likely N-dealkylation sites (N-methyl/N-ethyl adjacent to an activating group) is 1. The van der Waals surface area contributed by atoms with Crippen LogP contribution in [0.2, 0.25) is 0 Å². The van der Waals surface area contributed by atoms with Gasteiger partial charge in [0.05, 0.1) is 13.2 Å². The van der Waals surface area contributed by atoms with Gasteiger partial charge in [-0.05, 0) is 17.0 Å². The number of nitrogens with one attached hydrogen (secondary N) is 1. The first-order chi connectivity index (χ1) is 9.58. The minimum atomic E-state index is -0.205. The highest BCUT2D eigenvalue weighted by atomic mass is 35.5. The maximum atomic E-state index is 12.3. The number of amides is 1. The van der Waals surface area contributed by atoms with E-state index in [1.54, 1.807) is 4.90 Å². The maximum absolute atomic E-state index is 12.3. The zero-order valence-corrected chi connectivity index (χ0v) is 13.8. The van der Waals surface area contributed by atoms with Crippen LogP contribution in [0.4, 0.5) is 0 Å². The SMILES string of the molecule is CC(C)c1ccc(CN(C)C(=O)C2COCCN2)cc1.Cl. The Bertz CT molecular complexity index is 442. The van der Waals surface area contributed by atoms with Gasteiger partial charge in [0, 0.05) is 20.1 Å². The second-order valence-electron chi connectivity index (χ2n) is 5.67. The molecular weight excluding hydrogens is 288 g/mol. The number of ether oxygens (including phenoxy) is 1. The van der Waals surface area contributed by atoms with Gasteiger partial charge in [-0.25, -0.2) is 0 Å². The van der Waals surface area contributed by atoms with Crippen molar-refractivity contribution < 1.29 is 9.53 Å². The Balaban J connectivity index is 0.00000220. The average Bonchev–Trinajstić information content (AvgIpc) is 2.48. The molecule has 1 aliphatic rings. The summed E-state index contributed by atoms with van der Waals surface area (Å²) in [5.41, 5.74) is 2.48. The standard InChI is InChI=1S/C16H24N2O2.ClH/c1-12(2)14-6-4-13(5-7-14)10-18(3)16(19)15-11-20-9-8-17-15;/h4-7,12,15,17H,8-11H2,1-3H3;1H. The number of hydrogen-bond acceptors (Lipinski definition) is 3. The minimum Gasteiger partial charge on any atom is -0.378 e. The van der Waals surface area contributed by atoms with Gasteiger partial charge in [0.25, 0.3) is 0 Å². The number of halogens is 1. The molecule has 0 bridgehead atoms. The third-order valence-corrected chi connectivity index (χ3v) is 3.66. The third-order valence-electron chi connectivity index (χ3n) is 3.66. The lowest BCUT2D eigenvalue weighted by molar-refractivity contribution is -0.135. The summed E-state index contributed by atoms with van der Waals surface area (Å²) < 4.78 is 5.34. The molecule has 0 aromatic heterocycles. The molecule has 1 N–H and O–H groups in total. The highest BCUT2D eigenvalue weighted by Crippen LogP contribution is 2.15. The van der Waals surface area contributed by atoms with E-state index in [0.717, 1.165) is 12.1 Å². The second-order valence-corrected chi connectivity index (χ2v) is 5.67. The summed E-state index contributed by atoms with van der Waals surface area (Å²) in [7, 11) is 1.84. The van der Waals surface area contributed by atoms with Crippen molar-refractivity contribution in [1.82, 2.24) is 10.2 Å². The molecule has 1 heterocycles. The summed E-state index contributed by atoms with van der Waals surface area (Å²) in [4.78, 5) is 14.0. The first-order valence-electron chi connectivity index (χ1n) is 7.23. The smallest absolute Gasteiger partial charge is 0.242 e. The molecule has 21 heavy (non-hydrogen) atoms. The van der Waals surface area contributed by atoms with Crippen molar-refractivity contribution in [3.05, 3.63) is 35.4 Å². The minimum absolute atomic E-state index is 0. The lowest BCUT2D eigenvalue weighted by atomic mass is 10.0. The first-order valence-corrected chi connectivity index (χ1v) is 7.23. The monoisotopic (exact) mass is 312 g/mol. The fourth-order valence-electron chi connectivity index (χ4n) is 2.35. The average molecular weight is 313 g/mol. The van der Waals surface area contributed by atoms with E-state index in [4.69, 9.17) is 4.74 Å². The van der Waals surface area contributed by atoms with Crippen molar-refractivity contribution in [2.24, 2.45) is 0 Å². The third kappa shape index (κ3) is 4.99. The van der Waals surface area contributed by atoms with Crippen LogP contribution in [-0.4, -0.2) is 43.7 Å². The summed E-state index contributed by atoms with van der Waals surface area (Å²) in [6, 6.07) is 8.28. The molecule has 1 amide bonds. The molecule has 1 fully saturated rings. The van der Waals surface area contributed by atoms with Gasteiger partial charge < -0.3 is 15.0 Å². The summed E-state index contributed by atoms with van der Waals surface area (Å²) in [6.07, 6.45) is 0. The molecule has 118 valence electrons.